The molecule has 2 aliphatic rings. The molecule has 0 saturated carbocycles. The fourth-order valence-corrected chi connectivity index (χ4v) is 4.66. The van der Waals surface area contributed by atoms with Crippen molar-refractivity contribution in [2.75, 3.05) is 45.2 Å². The fourth-order valence-electron chi connectivity index (χ4n) is 4.66. The zero-order valence-electron chi connectivity index (χ0n) is 20.9. The van der Waals surface area contributed by atoms with Gasteiger partial charge in [-0.3, -0.25) is 10.2 Å². The van der Waals surface area contributed by atoms with Gasteiger partial charge in [0.15, 0.2) is 0 Å². The first kappa shape index (κ1) is 23.6. The Morgan fingerprint density at radius 3 is 2.58 bits per heavy atom. The van der Waals surface area contributed by atoms with Gasteiger partial charge < -0.3 is 30.7 Å². The number of likely N-dealkylation sites (N-methyl/N-ethyl adjacent to an activating group) is 1. The van der Waals surface area contributed by atoms with Crippen LogP contribution in [0.15, 0.2) is 66.1 Å². The van der Waals surface area contributed by atoms with Crippen LogP contribution in [0.3, 0.4) is 0 Å². The van der Waals surface area contributed by atoms with Crippen LogP contribution in [-0.2, 0) is 4.79 Å². The van der Waals surface area contributed by atoms with Gasteiger partial charge in [0.1, 0.15) is 17.1 Å². The summed E-state index contributed by atoms with van der Waals surface area (Å²) in [6, 6.07) is 16.0. The maximum Gasteiger partial charge on any atom is 0.261 e. The summed E-state index contributed by atoms with van der Waals surface area (Å²) in [6.07, 6.45) is 1.62. The van der Waals surface area contributed by atoms with E-state index in [1.165, 1.54) is 0 Å². The van der Waals surface area contributed by atoms with E-state index in [4.69, 9.17) is 10.4 Å². The van der Waals surface area contributed by atoms with Crippen molar-refractivity contribution in [3.05, 3.63) is 77.5 Å². The van der Waals surface area contributed by atoms with E-state index in [-0.39, 0.29) is 17.7 Å². The second-order valence-corrected chi connectivity index (χ2v) is 9.28. The molecule has 3 heterocycles. The number of carbonyl (C=O) groups excluding carboxylic acids is 1. The molecule has 0 bridgehead atoms. The zero-order chi connectivity index (χ0) is 25.2. The highest BCUT2D eigenvalue weighted by Crippen LogP contribution is 2.28. The average Bonchev–Trinajstić information content (AvgIpc) is 3.30. The van der Waals surface area contributed by atoms with Gasteiger partial charge in [-0.15, -0.1) is 0 Å². The molecular formula is C27H32N8O. The number of anilines is 1. The first-order valence-electron chi connectivity index (χ1n) is 12.2. The van der Waals surface area contributed by atoms with Crippen LogP contribution in [-0.4, -0.2) is 66.8 Å². The van der Waals surface area contributed by atoms with Crippen LogP contribution in [0.1, 0.15) is 24.4 Å². The van der Waals surface area contributed by atoms with Gasteiger partial charge in [0, 0.05) is 51.2 Å². The Labute approximate surface area is 210 Å². The quantitative estimate of drug-likeness (QED) is 0.368. The number of H-pyrrole nitrogens is 1. The van der Waals surface area contributed by atoms with Crippen LogP contribution in [0.5, 0.6) is 0 Å². The van der Waals surface area contributed by atoms with Crippen molar-refractivity contribution in [3.8, 4) is 0 Å². The minimum absolute atomic E-state index is 0.119. The van der Waals surface area contributed by atoms with Crippen LogP contribution in [0, 0.1) is 5.41 Å². The van der Waals surface area contributed by atoms with E-state index < -0.39 is 0 Å². The Bertz CT molecular complexity index is 1350. The molecule has 5 N–H and O–H groups in total. The third-order valence-corrected chi connectivity index (χ3v) is 6.76. The summed E-state index contributed by atoms with van der Waals surface area (Å²) < 4.78 is 0. The molecule has 9 heteroatoms. The van der Waals surface area contributed by atoms with Gasteiger partial charge >= 0.3 is 0 Å². The first-order valence-corrected chi connectivity index (χ1v) is 12.2. The number of nitrogens with one attached hydrogen (secondary N) is 5. The van der Waals surface area contributed by atoms with Crippen molar-refractivity contribution in [1.82, 2.24) is 30.8 Å². The molecule has 3 aromatic rings. The lowest BCUT2D eigenvalue weighted by atomic mass is 9.99. The molecule has 0 radical (unpaired) electrons. The molecule has 1 fully saturated rings. The maximum atomic E-state index is 13.3. The van der Waals surface area contributed by atoms with Crippen molar-refractivity contribution >= 4 is 33.9 Å². The zero-order valence-corrected chi connectivity index (χ0v) is 20.9. The fraction of sp³-hybridized carbons (Fsp3) is 0.296. The number of aromatic nitrogens is 2. The summed E-state index contributed by atoms with van der Waals surface area (Å²) in [5.74, 6) is 0.127. The van der Waals surface area contributed by atoms with Gasteiger partial charge in [0.25, 0.3) is 5.91 Å². The van der Waals surface area contributed by atoms with E-state index in [2.05, 4.69) is 49.9 Å². The van der Waals surface area contributed by atoms with E-state index in [1.54, 1.807) is 13.2 Å². The number of rotatable bonds is 6. The van der Waals surface area contributed by atoms with E-state index in [9.17, 15) is 4.79 Å². The van der Waals surface area contributed by atoms with Crippen molar-refractivity contribution < 1.29 is 4.79 Å². The molecule has 1 atom stereocenters. The Balaban J connectivity index is 1.54. The summed E-state index contributed by atoms with van der Waals surface area (Å²) in [4.78, 5) is 26.1. The predicted molar refractivity (Wildman–Crippen MR) is 144 cm³/mol. The van der Waals surface area contributed by atoms with Crippen molar-refractivity contribution in [2.45, 2.75) is 13.0 Å². The number of fused-ring (bicyclic) bond motifs is 1. The van der Waals surface area contributed by atoms with Crippen LogP contribution in [0.4, 0.5) is 5.69 Å². The molecule has 1 aromatic heterocycles. The number of hydrogen-bond acceptors (Lipinski definition) is 7. The number of hydrogen-bond donors (Lipinski definition) is 5. The van der Waals surface area contributed by atoms with Crippen molar-refractivity contribution in [3.63, 3.8) is 0 Å². The largest absolute Gasteiger partial charge is 0.392 e. The molecule has 2 aromatic carbocycles. The van der Waals surface area contributed by atoms with Gasteiger partial charge in [-0.1, -0.05) is 30.3 Å². The number of amides is 1. The molecule has 0 aliphatic carbocycles. The monoisotopic (exact) mass is 484 g/mol. The summed E-state index contributed by atoms with van der Waals surface area (Å²) in [5, 5.41) is 18.0. The lowest BCUT2D eigenvalue weighted by Crippen LogP contribution is -2.44. The molecule has 1 amide bonds. The van der Waals surface area contributed by atoms with Crippen molar-refractivity contribution in [1.29, 1.82) is 5.41 Å². The Hall–Kier alpha value is -4.11. The highest BCUT2D eigenvalue weighted by atomic mass is 16.1. The van der Waals surface area contributed by atoms with Gasteiger partial charge in [0.05, 0.1) is 22.4 Å². The van der Waals surface area contributed by atoms with Gasteiger partial charge in [-0.25, -0.2) is 4.98 Å². The van der Waals surface area contributed by atoms with Gasteiger partial charge in [0.2, 0.25) is 0 Å². The summed E-state index contributed by atoms with van der Waals surface area (Å²) in [6.45, 7) is 6.01. The van der Waals surface area contributed by atoms with Crippen LogP contribution in [0.25, 0.3) is 16.6 Å². The molecule has 0 spiro atoms. The smallest absolute Gasteiger partial charge is 0.261 e. The first-order chi connectivity index (χ1) is 17.4. The van der Waals surface area contributed by atoms with Crippen molar-refractivity contribution in [2.24, 2.45) is 0 Å². The highest BCUT2D eigenvalue weighted by molar-refractivity contribution is 6.33. The second kappa shape index (κ2) is 9.87. The summed E-state index contributed by atoms with van der Waals surface area (Å²) in [5.41, 5.74) is 5.20. The van der Waals surface area contributed by atoms with E-state index in [1.807, 2.05) is 43.3 Å². The number of benzene rings is 2. The number of nitrogens with zero attached hydrogens (tertiary/aromatic N) is 3. The Morgan fingerprint density at radius 2 is 1.86 bits per heavy atom. The Morgan fingerprint density at radius 1 is 1.11 bits per heavy atom. The molecule has 5 rings (SSSR count). The van der Waals surface area contributed by atoms with Gasteiger partial charge in [-0.05, 0) is 37.7 Å². The van der Waals surface area contributed by atoms with E-state index >= 15 is 0 Å². The minimum atomic E-state index is -0.311. The maximum absolute atomic E-state index is 13.3. The standard InChI is InChI=1S/C27H32N8O/c1-17(18-7-5-4-6-8-18)30-25-23(27(36)33-22(16-29-2)24(25)28)26-31-20-10-9-19(15-21(20)32-26)35-13-11-34(3)12-14-35/h4-10,15-17,28-30H,11-14H2,1-3H3,(H,31,32)(H,33,36)/b22-16+,28-24?. The molecule has 1 unspecified atom stereocenters. The minimum Gasteiger partial charge on any atom is -0.392 e. The molecule has 2 aliphatic heterocycles. The number of imidazole rings is 1. The third-order valence-electron chi connectivity index (χ3n) is 6.76. The normalized spacial score (nSPS) is 19.1. The topological polar surface area (TPSA) is 112 Å². The van der Waals surface area contributed by atoms with Crippen LogP contribution < -0.4 is 20.9 Å². The highest BCUT2D eigenvalue weighted by Gasteiger charge is 2.32. The molecule has 1 saturated heterocycles. The SMILES string of the molecule is CN/C=C1/NC(=O)C(c2nc3ccc(N4CCN(C)CC4)cc3[nH]2)=C(NC(C)c2ccccc2)C1=N. The van der Waals surface area contributed by atoms with Gasteiger partial charge in [-0.2, -0.15) is 0 Å². The molecule has 186 valence electrons. The number of carbonyl (C=O) groups is 1. The van der Waals surface area contributed by atoms with E-state index in [0.29, 0.717) is 22.8 Å². The van der Waals surface area contributed by atoms with Crippen LogP contribution >= 0.6 is 0 Å². The average molecular weight is 485 g/mol. The lowest BCUT2D eigenvalue weighted by molar-refractivity contribution is -0.115. The van der Waals surface area contributed by atoms with Crippen LogP contribution in [0.2, 0.25) is 0 Å². The molecule has 9 nitrogen and oxygen atoms in total. The number of piperazine rings is 1. The Kier molecular flexibility index (Phi) is 6.47. The third kappa shape index (κ3) is 4.57. The molecule has 36 heavy (non-hydrogen) atoms. The lowest BCUT2D eigenvalue weighted by Gasteiger charge is -2.34. The summed E-state index contributed by atoms with van der Waals surface area (Å²) >= 11 is 0. The summed E-state index contributed by atoms with van der Waals surface area (Å²) in [7, 11) is 3.88. The molecular weight excluding hydrogens is 452 g/mol. The van der Waals surface area contributed by atoms with E-state index in [0.717, 1.165) is 48.5 Å². The second-order valence-electron chi connectivity index (χ2n) is 9.28. The number of aromatic amines is 1. The predicted octanol–water partition coefficient (Wildman–Crippen LogP) is 2.59.